The molecule has 0 bridgehead atoms. The molecule has 0 unspecified atom stereocenters. The Bertz CT molecular complexity index is 561. The molecule has 0 aromatic carbocycles. The monoisotopic (exact) mass is 280 g/mol. The zero-order valence-electron chi connectivity index (χ0n) is 10.8. The first-order chi connectivity index (χ1) is 9.29. The Morgan fingerprint density at radius 3 is 2.35 bits per heavy atom. The third kappa shape index (κ3) is 4.44. The van der Waals surface area contributed by atoms with E-state index in [2.05, 4.69) is 31.9 Å². The fourth-order valence-corrected chi connectivity index (χ4v) is 1.14. The molecule has 3 amide bonds. The van der Waals surface area contributed by atoms with Crippen molar-refractivity contribution in [2.24, 2.45) is 9.98 Å². The zero-order chi connectivity index (χ0) is 15.3. The van der Waals surface area contributed by atoms with E-state index in [1.165, 1.54) is 6.92 Å². The normalized spacial score (nSPS) is 14.1. The molecule has 0 aromatic heterocycles. The number of rotatable bonds is 2. The van der Waals surface area contributed by atoms with E-state index in [0.717, 1.165) is 6.92 Å². The maximum atomic E-state index is 11.6. The topological polar surface area (TPSA) is 126 Å². The maximum Gasteiger partial charge on any atom is 0.314 e. The van der Waals surface area contributed by atoms with Crippen molar-refractivity contribution >= 4 is 35.4 Å². The third-order valence-corrected chi connectivity index (χ3v) is 1.89. The summed E-state index contributed by atoms with van der Waals surface area (Å²) in [5.41, 5.74) is 0.0163. The standard InChI is InChI=1S/C11H12N4O5/c1-5-9(13-6(2)16)15-11(19)10(12-5)14-8(18)4-20-7(3)17/h1,4H2,2-3H3,(H,12,14,18)(H,13,15,16,19). The number of ether oxygens (including phenoxy) is 1. The summed E-state index contributed by atoms with van der Waals surface area (Å²) in [5, 5.41) is 4.41. The van der Waals surface area contributed by atoms with Crippen LogP contribution in [0.3, 0.4) is 0 Å². The highest BCUT2D eigenvalue weighted by Gasteiger charge is 2.22. The number of nitrogens with one attached hydrogen (secondary N) is 2. The van der Waals surface area contributed by atoms with E-state index >= 15 is 0 Å². The lowest BCUT2D eigenvalue weighted by molar-refractivity contribution is -0.145. The molecule has 1 rings (SSSR count). The first-order valence-electron chi connectivity index (χ1n) is 5.41. The molecule has 0 atom stereocenters. The van der Waals surface area contributed by atoms with Crippen molar-refractivity contribution in [3.05, 3.63) is 12.3 Å². The van der Waals surface area contributed by atoms with Crippen LogP contribution in [0.2, 0.25) is 0 Å². The average molecular weight is 280 g/mol. The smallest absolute Gasteiger partial charge is 0.314 e. The molecule has 0 saturated heterocycles. The number of carbonyl (C=O) groups excluding carboxylic acids is 4. The van der Waals surface area contributed by atoms with Crippen molar-refractivity contribution in [1.82, 2.24) is 10.6 Å². The molecule has 1 aliphatic heterocycles. The summed E-state index contributed by atoms with van der Waals surface area (Å²) in [5.74, 6) is -3.10. The second-order valence-electron chi connectivity index (χ2n) is 3.68. The SMILES string of the molecule is C=C1N=C(NC(=O)COC(C)=O)C(=O)N=C1NC(C)=O. The molecule has 0 aromatic rings. The summed E-state index contributed by atoms with van der Waals surface area (Å²) in [7, 11) is 0. The van der Waals surface area contributed by atoms with Crippen LogP contribution in [-0.4, -0.2) is 42.0 Å². The molecule has 106 valence electrons. The minimum atomic E-state index is -0.850. The summed E-state index contributed by atoms with van der Waals surface area (Å²) >= 11 is 0. The molecule has 1 aliphatic rings. The van der Waals surface area contributed by atoms with Crippen molar-refractivity contribution in [1.29, 1.82) is 0 Å². The van der Waals surface area contributed by atoms with Gasteiger partial charge in [-0.2, -0.15) is 4.99 Å². The molecule has 0 spiro atoms. The number of nitrogens with zero attached hydrogens (tertiary/aromatic N) is 2. The van der Waals surface area contributed by atoms with Gasteiger partial charge in [-0.15, -0.1) is 0 Å². The van der Waals surface area contributed by atoms with Gasteiger partial charge >= 0.3 is 11.9 Å². The minimum absolute atomic E-state index is 0.0163. The summed E-state index contributed by atoms with van der Waals surface area (Å²) in [4.78, 5) is 51.6. The van der Waals surface area contributed by atoms with E-state index in [1.54, 1.807) is 0 Å². The number of hydrogen-bond acceptors (Lipinski definition) is 6. The van der Waals surface area contributed by atoms with Crippen LogP contribution >= 0.6 is 0 Å². The molecule has 20 heavy (non-hydrogen) atoms. The van der Waals surface area contributed by atoms with Crippen LogP contribution in [0.5, 0.6) is 0 Å². The van der Waals surface area contributed by atoms with Gasteiger partial charge in [0.05, 0.1) is 0 Å². The molecular formula is C11H12N4O5. The van der Waals surface area contributed by atoms with Crippen molar-refractivity contribution in [3.63, 3.8) is 0 Å². The van der Waals surface area contributed by atoms with E-state index in [4.69, 9.17) is 0 Å². The predicted octanol–water partition coefficient (Wildman–Crippen LogP) is -1.35. The highest BCUT2D eigenvalue weighted by molar-refractivity contribution is 6.44. The first kappa shape index (κ1) is 15.2. The number of aliphatic imine (C=N–C) groups is 2. The molecular weight excluding hydrogens is 268 g/mol. The predicted molar refractivity (Wildman–Crippen MR) is 67.6 cm³/mol. The van der Waals surface area contributed by atoms with Gasteiger partial charge in [-0.25, -0.2) is 4.99 Å². The van der Waals surface area contributed by atoms with Crippen LogP contribution in [0.4, 0.5) is 0 Å². The van der Waals surface area contributed by atoms with E-state index in [9.17, 15) is 19.2 Å². The highest BCUT2D eigenvalue weighted by Crippen LogP contribution is 2.03. The lowest BCUT2D eigenvalue weighted by atomic mass is 10.3. The lowest BCUT2D eigenvalue weighted by Crippen LogP contribution is -2.42. The fraction of sp³-hybridized carbons (Fsp3) is 0.273. The van der Waals surface area contributed by atoms with Gasteiger partial charge < -0.3 is 15.4 Å². The van der Waals surface area contributed by atoms with Gasteiger partial charge in [-0.1, -0.05) is 6.58 Å². The Balaban J connectivity index is 2.68. The van der Waals surface area contributed by atoms with Crippen molar-refractivity contribution in [3.8, 4) is 0 Å². The first-order valence-corrected chi connectivity index (χ1v) is 5.41. The van der Waals surface area contributed by atoms with Gasteiger partial charge in [-0.3, -0.25) is 19.2 Å². The van der Waals surface area contributed by atoms with Crippen LogP contribution in [0, 0.1) is 0 Å². The number of amidine groups is 2. The van der Waals surface area contributed by atoms with Gasteiger partial charge in [0.1, 0.15) is 5.70 Å². The minimum Gasteiger partial charge on any atom is -0.456 e. The Morgan fingerprint density at radius 1 is 1.15 bits per heavy atom. The van der Waals surface area contributed by atoms with Crippen molar-refractivity contribution in [2.75, 3.05) is 6.61 Å². The summed E-state index contributed by atoms with van der Waals surface area (Å²) in [6.07, 6.45) is 0. The van der Waals surface area contributed by atoms with Gasteiger partial charge in [0.15, 0.2) is 12.4 Å². The lowest BCUT2D eigenvalue weighted by Gasteiger charge is -2.13. The number of esters is 1. The van der Waals surface area contributed by atoms with Crippen LogP contribution in [0.15, 0.2) is 22.3 Å². The van der Waals surface area contributed by atoms with Crippen LogP contribution in [0.1, 0.15) is 13.8 Å². The van der Waals surface area contributed by atoms with Gasteiger partial charge in [0, 0.05) is 13.8 Å². The van der Waals surface area contributed by atoms with E-state index in [1.807, 2.05) is 0 Å². The molecule has 0 fully saturated rings. The van der Waals surface area contributed by atoms with Gasteiger partial charge in [0.2, 0.25) is 11.7 Å². The molecule has 9 heteroatoms. The molecule has 1 heterocycles. The van der Waals surface area contributed by atoms with Crippen molar-refractivity contribution in [2.45, 2.75) is 13.8 Å². The summed E-state index contributed by atoms with van der Waals surface area (Å²) in [6.45, 7) is 5.33. The van der Waals surface area contributed by atoms with E-state index in [0.29, 0.717) is 0 Å². The number of carbonyl (C=O) groups is 4. The summed E-state index contributed by atoms with van der Waals surface area (Å²) < 4.78 is 4.45. The second-order valence-corrected chi connectivity index (χ2v) is 3.68. The van der Waals surface area contributed by atoms with Gasteiger partial charge in [0.25, 0.3) is 5.91 Å². The van der Waals surface area contributed by atoms with E-state index < -0.39 is 30.3 Å². The molecule has 2 N–H and O–H groups in total. The van der Waals surface area contributed by atoms with Crippen LogP contribution in [0.25, 0.3) is 0 Å². The van der Waals surface area contributed by atoms with E-state index in [-0.39, 0.29) is 17.4 Å². The number of hydrogen-bond donors (Lipinski definition) is 2. The molecule has 0 aliphatic carbocycles. The quantitative estimate of drug-likeness (QED) is 0.605. The zero-order valence-corrected chi connectivity index (χ0v) is 10.8. The molecule has 0 radical (unpaired) electrons. The third-order valence-electron chi connectivity index (χ3n) is 1.89. The highest BCUT2D eigenvalue weighted by atomic mass is 16.5. The second kappa shape index (κ2) is 6.36. The Hall–Kier alpha value is -2.84. The van der Waals surface area contributed by atoms with Crippen LogP contribution in [-0.2, 0) is 23.9 Å². The number of amides is 3. The largest absolute Gasteiger partial charge is 0.456 e. The average Bonchev–Trinajstić information content (AvgIpc) is 2.32. The van der Waals surface area contributed by atoms with Crippen molar-refractivity contribution < 1.29 is 23.9 Å². The Kier molecular flexibility index (Phi) is 4.84. The maximum absolute atomic E-state index is 11.6. The van der Waals surface area contributed by atoms with Gasteiger partial charge in [-0.05, 0) is 0 Å². The van der Waals surface area contributed by atoms with Crippen LogP contribution < -0.4 is 10.6 Å². The Morgan fingerprint density at radius 2 is 1.80 bits per heavy atom. The molecule has 0 saturated carbocycles. The summed E-state index contributed by atoms with van der Waals surface area (Å²) in [6, 6.07) is 0. The molecule has 9 nitrogen and oxygen atoms in total. The fourth-order valence-electron chi connectivity index (χ4n) is 1.14. The Labute approximate surface area is 113 Å².